The van der Waals surface area contributed by atoms with Gasteiger partial charge < -0.3 is 33.8 Å². The zero-order chi connectivity index (χ0) is 76.0. The van der Waals surface area contributed by atoms with Crippen LogP contribution in [0.3, 0.4) is 0 Å². The number of aliphatic hydroxyl groups is 1. The van der Waals surface area contributed by atoms with E-state index in [0.717, 1.165) is 205 Å². The second-order valence-electron chi connectivity index (χ2n) is 26.9. The molecule has 0 amide bonds. The molecule has 19 heteroatoms. The smallest absolute Gasteiger partial charge is 0.462 e. The number of carbonyl (C=O) groups excluding carboxylic acids is 4. The van der Waals surface area contributed by atoms with Gasteiger partial charge in [-0.1, -0.05) is 278 Å². The first-order valence-electron chi connectivity index (χ1n) is 40.8. The van der Waals surface area contributed by atoms with Gasteiger partial charge in [-0.25, -0.2) is 9.13 Å². The molecular weight excluding hydrogens is 1350 g/mol. The Labute approximate surface area is 632 Å². The van der Waals surface area contributed by atoms with Crippen LogP contribution in [0.2, 0.25) is 0 Å². The molecule has 0 aliphatic heterocycles. The van der Waals surface area contributed by atoms with Crippen molar-refractivity contribution >= 4 is 39.5 Å². The van der Waals surface area contributed by atoms with Crippen LogP contribution >= 0.6 is 15.6 Å². The van der Waals surface area contributed by atoms with Crippen molar-refractivity contribution in [1.82, 2.24) is 0 Å². The van der Waals surface area contributed by atoms with Crippen molar-refractivity contribution in [2.75, 3.05) is 39.6 Å². The predicted molar refractivity (Wildman–Crippen MR) is 427 cm³/mol. The van der Waals surface area contributed by atoms with Gasteiger partial charge in [-0.15, -0.1) is 0 Å². The minimum absolute atomic E-state index is 0.0800. The summed E-state index contributed by atoms with van der Waals surface area (Å²) in [4.78, 5) is 73.1. The highest BCUT2D eigenvalue weighted by Crippen LogP contribution is 2.45. The number of hydrogen-bond donors (Lipinski definition) is 3. The van der Waals surface area contributed by atoms with E-state index in [1.165, 1.54) is 51.4 Å². The highest BCUT2D eigenvalue weighted by molar-refractivity contribution is 7.47. The molecule has 0 rings (SSSR count). The largest absolute Gasteiger partial charge is 0.472 e. The van der Waals surface area contributed by atoms with Crippen LogP contribution in [0.1, 0.15) is 336 Å². The van der Waals surface area contributed by atoms with Crippen LogP contribution in [0, 0.1) is 0 Å². The standard InChI is InChI=1S/C85H146O17P2/c1-5-9-13-17-21-25-29-33-35-37-39-41-43-47-49-53-57-61-65-69-82(87)95-75-80(101-84(89)71-67-63-59-55-51-45-31-27-23-19-15-11-7-3)77-99-103(91,92)97-73-79(86)74-98-104(93,94)100-78-81(102-85(90)72-68-64-60-56-52-46-32-28-24-20-16-12-8-4)76-96-83(88)70-66-62-58-54-50-48-44-42-40-38-36-34-30-26-22-18-14-10-6-2/h9-10,13-14,21-22,25-28,31-36,39-42,79-81,86H,5-8,11-12,15-20,23-24,29-30,37-38,43-78H2,1-4H3,(H,91,92)(H,93,94)/b13-9-,14-10-,25-21-,26-22-,31-27-,32-28-,35-33-,36-34-,41-39-,42-40-. The van der Waals surface area contributed by atoms with Gasteiger partial charge in [0.15, 0.2) is 12.2 Å². The third-order valence-corrected chi connectivity index (χ3v) is 18.8. The van der Waals surface area contributed by atoms with E-state index in [9.17, 15) is 43.2 Å². The lowest BCUT2D eigenvalue weighted by atomic mass is 10.1. The molecule has 0 bridgehead atoms. The number of unbranched alkanes of at least 4 members (excludes halogenated alkanes) is 30. The fourth-order valence-corrected chi connectivity index (χ4v) is 12.3. The zero-order valence-corrected chi connectivity index (χ0v) is 67.2. The molecule has 3 N–H and O–H groups in total. The Morgan fingerprint density at radius 3 is 0.779 bits per heavy atom. The van der Waals surface area contributed by atoms with Gasteiger partial charge in [-0.2, -0.15) is 0 Å². The summed E-state index contributed by atoms with van der Waals surface area (Å²) in [5.41, 5.74) is 0. The summed E-state index contributed by atoms with van der Waals surface area (Å²) in [6.07, 6.45) is 84.5. The number of hydrogen-bond acceptors (Lipinski definition) is 15. The van der Waals surface area contributed by atoms with E-state index in [1.54, 1.807) is 0 Å². The highest BCUT2D eigenvalue weighted by Gasteiger charge is 2.30. The second kappa shape index (κ2) is 76.6. The minimum atomic E-state index is -4.98. The van der Waals surface area contributed by atoms with Crippen LogP contribution in [-0.4, -0.2) is 96.7 Å². The van der Waals surface area contributed by atoms with Crippen molar-refractivity contribution < 1.29 is 80.2 Å². The van der Waals surface area contributed by atoms with Gasteiger partial charge in [0.2, 0.25) is 0 Å². The van der Waals surface area contributed by atoms with Gasteiger partial charge in [-0.05, 0) is 154 Å². The molecule has 0 heterocycles. The fraction of sp³-hybridized carbons (Fsp3) is 0.718. The van der Waals surface area contributed by atoms with Gasteiger partial charge in [0, 0.05) is 25.7 Å². The van der Waals surface area contributed by atoms with Crippen LogP contribution in [0.15, 0.2) is 122 Å². The van der Waals surface area contributed by atoms with E-state index in [0.29, 0.717) is 25.7 Å². The minimum Gasteiger partial charge on any atom is -0.462 e. The van der Waals surface area contributed by atoms with E-state index in [4.69, 9.17) is 37.0 Å². The molecule has 0 fully saturated rings. The van der Waals surface area contributed by atoms with E-state index in [1.807, 2.05) is 0 Å². The number of phosphoric acid groups is 2. The molecule has 0 radical (unpaired) electrons. The molecule has 104 heavy (non-hydrogen) atoms. The molecule has 0 aromatic heterocycles. The summed E-state index contributed by atoms with van der Waals surface area (Å²) in [5.74, 6) is -2.21. The van der Waals surface area contributed by atoms with Crippen molar-refractivity contribution in [3.05, 3.63) is 122 Å². The molecule has 0 spiro atoms. The zero-order valence-electron chi connectivity index (χ0n) is 65.4. The number of allylic oxidation sites excluding steroid dienone is 20. The first-order chi connectivity index (χ1) is 50.7. The summed E-state index contributed by atoms with van der Waals surface area (Å²) in [6, 6.07) is 0. The number of carbonyl (C=O) groups is 4. The van der Waals surface area contributed by atoms with E-state index in [2.05, 4.69) is 149 Å². The summed E-state index contributed by atoms with van der Waals surface area (Å²) >= 11 is 0. The quantitative estimate of drug-likeness (QED) is 0.0169. The Morgan fingerprint density at radius 1 is 0.279 bits per heavy atom. The highest BCUT2D eigenvalue weighted by atomic mass is 31.2. The van der Waals surface area contributed by atoms with Crippen LogP contribution < -0.4 is 0 Å². The Bertz CT molecular complexity index is 2280. The van der Waals surface area contributed by atoms with E-state index in [-0.39, 0.29) is 25.7 Å². The summed E-state index contributed by atoms with van der Waals surface area (Å²) in [6.45, 7) is 4.60. The Balaban J connectivity index is 5.35. The van der Waals surface area contributed by atoms with Crippen molar-refractivity contribution in [2.45, 2.75) is 354 Å². The SMILES string of the molecule is CC/C=C\C/C=C\C/C=C\C/C=C\CCCCCCCCC(=O)OCC(COP(=O)(O)OCC(O)COP(=O)(O)OCC(COC(=O)CCCCCCCC/C=C\C/C=C\C/C=C\C/C=C\CC)OC(=O)CCCCCCC/C=C\CCCCCC)OC(=O)CCCCCCC/C=C\CCCCCC. The lowest BCUT2D eigenvalue weighted by Crippen LogP contribution is -2.30. The maximum Gasteiger partial charge on any atom is 0.472 e. The molecule has 4 unspecified atom stereocenters. The van der Waals surface area contributed by atoms with Gasteiger partial charge in [-0.3, -0.25) is 37.3 Å². The molecule has 598 valence electrons. The number of rotatable bonds is 76. The van der Waals surface area contributed by atoms with E-state index < -0.39 is 97.5 Å². The monoisotopic (exact) mass is 1500 g/mol. The summed E-state index contributed by atoms with van der Waals surface area (Å²) < 4.78 is 68.6. The lowest BCUT2D eigenvalue weighted by molar-refractivity contribution is -0.161. The molecule has 0 aromatic carbocycles. The predicted octanol–water partition coefficient (Wildman–Crippen LogP) is 23.9. The van der Waals surface area contributed by atoms with Crippen LogP contribution in [0.5, 0.6) is 0 Å². The van der Waals surface area contributed by atoms with E-state index >= 15 is 0 Å². The van der Waals surface area contributed by atoms with Gasteiger partial charge in [0.25, 0.3) is 0 Å². The molecule has 17 nitrogen and oxygen atoms in total. The fourth-order valence-electron chi connectivity index (χ4n) is 10.7. The maximum absolute atomic E-state index is 13.1. The van der Waals surface area contributed by atoms with Crippen LogP contribution in [0.4, 0.5) is 0 Å². The first-order valence-corrected chi connectivity index (χ1v) is 43.8. The topological polar surface area (TPSA) is 237 Å². The van der Waals surface area contributed by atoms with Crippen molar-refractivity contribution in [3.8, 4) is 0 Å². The van der Waals surface area contributed by atoms with Crippen LogP contribution in [-0.2, 0) is 65.4 Å². The second-order valence-corrected chi connectivity index (χ2v) is 29.8. The Hall–Kier alpha value is -4.54. The Morgan fingerprint density at radius 2 is 0.500 bits per heavy atom. The summed E-state index contributed by atoms with van der Waals surface area (Å²) in [5, 5.41) is 10.6. The lowest BCUT2D eigenvalue weighted by Gasteiger charge is -2.21. The summed E-state index contributed by atoms with van der Waals surface area (Å²) in [7, 11) is -9.97. The van der Waals surface area contributed by atoms with Crippen LogP contribution in [0.25, 0.3) is 0 Å². The molecular formula is C85H146O17P2. The average molecular weight is 1500 g/mol. The molecule has 0 aromatic rings. The van der Waals surface area contributed by atoms with Gasteiger partial charge in [0.05, 0.1) is 26.4 Å². The Kier molecular flexibility index (Phi) is 73.3. The first kappa shape index (κ1) is 99.5. The van der Waals surface area contributed by atoms with Crippen molar-refractivity contribution in [2.24, 2.45) is 0 Å². The normalized spacial score (nSPS) is 14.5. The third kappa shape index (κ3) is 75.7. The number of phosphoric ester groups is 2. The molecule has 0 aliphatic carbocycles. The molecule has 0 saturated carbocycles. The maximum atomic E-state index is 13.1. The molecule has 0 saturated heterocycles. The van der Waals surface area contributed by atoms with Gasteiger partial charge in [0.1, 0.15) is 19.3 Å². The average Bonchev–Trinajstić information content (AvgIpc) is 0.913. The molecule has 0 aliphatic rings. The number of esters is 4. The van der Waals surface area contributed by atoms with Gasteiger partial charge >= 0.3 is 39.5 Å². The molecule has 4 atom stereocenters. The number of aliphatic hydroxyl groups excluding tert-OH is 1. The van der Waals surface area contributed by atoms with Crippen molar-refractivity contribution in [3.63, 3.8) is 0 Å². The van der Waals surface area contributed by atoms with Crippen molar-refractivity contribution in [1.29, 1.82) is 0 Å². The third-order valence-electron chi connectivity index (χ3n) is 16.9. The number of ether oxygens (including phenoxy) is 4.